The first-order chi connectivity index (χ1) is 10.1. The van der Waals surface area contributed by atoms with E-state index in [4.69, 9.17) is 10.5 Å². The Bertz CT molecular complexity index is 601. The number of nitrogens with zero attached hydrogens (tertiary/aromatic N) is 1. The summed E-state index contributed by atoms with van der Waals surface area (Å²) in [6.45, 7) is 6.26. The first kappa shape index (κ1) is 15.5. The maximum atomic E-state index is 14.0. The molecule has 1 aromatic carbocycles. The van der Waals surface area contributed by atoms with Crippen molar-refractivity contribution in [2.45, 2.75) is 20.3 Å². The van der Waals surface area contributed by atoms with Gasteiger partial charge >= 0.3 is 0 Å². The Labute approximate surface area is 124 Å². The Kier molecular flexibility index (Phi) is 5.33. The molecule has 0 spiro atoms. The van der Waals surface area contributed by atoms with Crippen LogP contribution < -0.4 is 11.1 Å². The average Bonchev–Trinajstić information content (AvgIpc) is 2.45. The number of rotatable bonds is 7. The number of benzene rings is 1. The largest absolute Gasteiger partial charge is 0.398 e. The standard InChI is InChI=1S/C16H22FN3O/c1-11(2)10-21-8-4-7-20-16-13(17)9-14(18)12-5-3-6-19-15(12)16/h3,5-6,9,11,20H,4,7-8,10,18H2,1-2H3. The molecule has 114 valence electrons. The van der Waals surface area contributed by atoms with Crippen molar-refractivity contribution in [3.05, 3.63) is 30.2 Å². The Balaban J connectivity index is 1.99. The monoisotopic (exact) mass is 291 g/mol. The van der Waals surface area contributed by atoms with Crippen LogP contribution in [0, 0.1) is 11.7 Å². The van der Waals surface area contributed by atoms with Crippen LogP contribution in [-0.2, 0) is 4.74 Å². The SMILES string of the molecule is CC(C)COCCCNc1c(F)cc(N)c2cccnc12. The molecule has 0 aliphatic heterocycles. The van der Waals surface area contributed by atoms with Gasteiger partial charge in [0.2, 0.25) is 0 Å². The van der Waals surface area contributed by atoms with Crippen molar-refractivity contribution in [2.75, 3.05) is 30.8 Å². The highest BCUT2D eigenvalue weighted by Crippen LogP contribution is 2.29. The van der Waals surface area contributed by atoms with Crippen molar-refractivity contribution >= 4 is 22.3 Å². The molecule has 21 heavy (non-hydrogen) atoms. The van der Waals surface area contributed by atoms with E-state index in [2.05, 4.69) is 24.1 Å². The second-order valence-electron chi connectivity index (χ2n) is 5.47. The van der Waals surface area contributed by atoms with Crippen LogP contribution in [0.2, 0.25) is 0 Å². The van der Waals surface area contributed by atoms with Crippen LogP contribution in [-0.4, -0.2) is 24.7 Å². The second-order valence-corrected chi connectivity index (χ2v) is 5.47. The van der Waals surface area contributed by atoms with Crippen molar-refractivity contribution < 1.29 is 9.13 Å². The summed E-state index contributed by atoms with van der Waals surface area (Å²) in [5.74, 6) is 0.155. The highest BCUT2D eigenvalue weighted by molar-refractivity contribution is 5.98. The number of nitrogens with one attached hydrogen (secondary N) is 1. The number of pyridine rings is 1. The summed E-state index contributed by atoms with van der Waals surface area (Å²) in [6, 6.07) is 4.97. The van der Waals surface area contributed by atoms with Crippen LogP contribution in [0.3, 0.4) is 0 Å². The quantitative estimate of drug-likeness (QED) is 0.606. The molecule has 0 saturated carbocycles. The molecule has 1 aromatic heterocycles. The van der Waals surface area contributed by atoms with E-state index in [1.165, 1.54) is 6.07 Å². The number of hydrogen-bond donors (Lipinski definition) is 2. The number of anilines is 2. The summed E-state index contributed by atoms with van der Waals surface area (Å²) in [7, 11) is 0. The van der Waals surface area contributed by atoms with E-state index >= 15 is 0 Å². The predicted octanol–water partition coefficient (Wildman–Crippen LogP) is 3.43. The molecular weight excluding hydrogens is 269 g/mol. The third-order valence-corrected chi connectivity index (χ3v) is 3.09. The molecule has 1 heterocycles. The second kappa shape index (κ2) is 7.22. The first-order valence-electron chi connectivity index (χ1n) is 7.24. The molecule has 0 radical (unpaired) electrons. The summed E-state index contributed by atoms with van der Waals surface area (Å²) >= 11 is 0. The van der Waals surface area contributed by atoms with E-state index in [0.717, 1.165) is 18.4 Å². The third kappa shape index (κ3) is 4.04. The fraction of sp³-hybridized carbons (Fsp3) is 0.438. The lowest BCUT2D eigenvalue weighted by Gasteiger charge is -2.12. The Morgan fingerprint density at radius 1 is 1.43 bits per heavy atom. The van der Waals surface area contributed by atoms with Gasteiger partial charge in [0.05, 0.1) is 11.2 Å². The average molecular weight is 291 g/mol. The van der Waals surface area contributed by atoms with Gasteiger partial charge in [-0.3, -0.25) is 4.98 Å². The molecule has 2 aromatic rings. The lowest BCUT2D eigenvalue weighted by atomic mass is 10.1. The zero-order chi connectivity index (χ0) is 15.2. The normalized spacial score (nSPS) is 11.2. The van der Waals surface area contributed by atoms with Gasteiger partial charge in [0, 0.05) is 37.0 Å². The van der Waals surface area contributed by atoms with Crippen LogP contribution in [0.4, 0.5) is 15.8 Å². The van der Waals surface area contributed by atoms with E-state index in [1.807, 2.05) is 6.07 Å². The maximum Gasteiger partial charge on any atom is 0.150 e. The zero-order valence-electron chi connectivity index (χ0n) is 12.5. The molecule has 4 nitrogen and oxygen atoms in total. The number of ether oxygens (including phenoxy) is 1. The Hall–Kier alpha value is -1.88. The van der Waals surface area contributed by atoms with E-state index in [0.29, 0.717) is 36.0 Å². The van der Waals surface area contributed by atoms with Gasteiger partial charge in [-0.25, -0.2) is 4.39 Å². The summed E-state index contributed by atoms with van der Waals surface area (Å²) < 4.78 is 19.5. The van der Waals surface area contributed by atoms with Gasteiger partial charge in [-0.05, 0) is 30.5 Å². The number of halogens is 1. The lowest BCUT2D eigenvalue weighted by molar-refractivity contribution is 0.110. The van der Waals surface area contributed by atoms with E-state index in [-0.39, 0.29) is 5.82 Å². The van der Waals surface area contributed by atoms with Gasteiger partial charge < -0.3 is 15.8 Å². The minimum absolute atomic E-state index is 0.373. The van der Waals surface area contributed by atoms with Gasteiger partial charge in [-0.1, -0.05) is 13.8 Å². The highest BCUT2D eigenvalue weighted by Gasteiger charge is 2.11. The molecule has 0 saturated heterocycles. The molecule has 5 heteroatoms. The van der Waals surface area contributed by atoms with Crippen molar-refractivity contribution in [2.24, 2.45) is 5.92 Å². The van der Waals surface area contributed by atoms with Crippen LogP contribution in [0.25, 0.3) is 10.9 Å². The minimum atomic E-state index is -0.373. The lowest BCUT2D eigenvalue weighted by Crippen LogP contribution is -2.10. The summed E-state index contributed by atoms with van der Waals surface area (Å²) in [5.41, 5.74) is 7.20. The number of nitrogen functional groups attached to an aromatic ring is 1. The van der Waals surface area contributed by atoms with Crippen LogP contribution in [0.1, 0.15) is 20.3 Å². The molecule has 3 N–H and O–H groups in total. The van der Waals surface area contributed by atoms with Gasteiger partial charge in [0.15, 0.2) is 5.82 Å². The molecule has 0 fully saturated rings. The highest BCUT2D eigenvalue weighted by atomic mass is 19.1. The Morgan fingerprint density at radius 3 is 3.00 bits per heavy atom. The van der Waals surface area contributed by atoms with E-state index < -0.39 is 0 Å². The fourth-order valence-corrected chi connectivity index (χ4v) is 2.11. The van der Waals surface area contributed by atoms with Crippen LogP contribution in [0.5, 0.6) is 0 Å². The maximum absolute atomic E-state index is 14.0. The smallest absolute Gasteiger partial charge is 0.150 e. The molecule has 0 bridgehead atoms. The van der Waals surface area contributed by atoms with Gasteiger partial charge in [-0.15, -0.1) is 0 Å². The summed E-state index contributed by atoms with van der Waals surface area (Å²) in [5, 5.41) is 3.86. The fourth-order valence-electron chi connectivity index (χ4n) is 2.11. The van der Waals surface area contributed by atoms with Crippen LogP contribution in [0.15, 0.2) is 24.4 Å². The predicted molar refractivity (Wildman–Crippen MR) is 84.9 cm³/mol. The number of nitrogens with two attached hydrogens (primary N) is 1. The van der Waals surface area contributed by atoms with Crippen LogP contribution >= 0.6 is 0 Å². The molecule has 0 aliphatic carbocycles. The summed E-state index contributed by atoms with van der Waals surface area (Å²) in [4.78, 5) is 4.23. The van der Waals surface area contributed by atoms with E-state index in [9.17, 15) is 4.39 Å². The number of fused-ring (bicyclic) bond motifs is 1. The first-order valence-corrected chi connectivity index (χ1v) is 7.24. The zero-order valence-corrected chi connectivity index (χ0v) is 12.5. The minimum Gasteiger partial charge on any atom is -0.398 e. The summed E-state index contributed by atoms with van der Waals surface area (Å²) in [6.07, 6.45) is 2.45. The molecule has 0 amide bonds. The van der Waals surface area contributed by atoms with Gasteiger partial charge in [0.1, 0.15) is 0 Å². The number of hydrogen-bond acceptors (Lipinski definition) is 4. The van der Waals surface area contributed by atoms with Crippen molar-refractivity contribution in [3.63, 3.8) is 0 Å². The third-order valence-electron chi connectivity index (χ3n) is 3.09. The van der Waals surface area contributed by atoms with Crippen molar-refractivity contribution in [1.82, 2.24) is 4.98 Å². The van der Waals surface area contributed by atoms with Gasteiger partial charge in [-0.2, -0.15) is 0 Å². The molecule has 2 rings (SSSR count). The molecule has 0 atom stereocenters. The van der Waals surface area contributed by atoms with Gasteiger partial charge in [0.25, 0.3) is 0 Å². The van der Waals surface area contributed by atoms with Crippen molar-refractivity contribution in [1.29, 1.82) is 0 Å². The molecule has 0 unspecified atom stereocenters. The molecular formula is C16H22FN3O. The van der Waals surface area contributed by atoms with E-state index in [1.54, 1.807) is 12.3 Å². The molecule has 0 aliphatic rings. The number of aromatic nitrogens is 1. The Morgan fingerprint density at radius 2 is 2.24 bits per heavy atom. The van der Waals surface area contributed by atoms with Crippen molar-refractivity contribution in [3.8, 4) is 0 Å². The topological polar surface area (TPSA) is 60.2 Å².